The van der Waals surface area contributed by atoms with E-state index in [1.54, 1.807) is 14.0 Å². The van der Waals surface area contributed by atoms with E-state index < -0.39 is 0 Å². The number of aryl methyl sites for hydroxylation is 1. The van der Waals surface area contributed by atoms with Gasteiger partial charge in [0.2, 0.25) is 5.89 Å². The molecule has 0 atom stereocenters. The molecule has 2 aromatic rings. The Kier molecular flexibility index (Phi) is 8.26. The summed E-state index contributed by atoms with van der Waals surface area (Å²) < 4.78 is 10.5. The molecule has 0 aliphatic rings. The SMILES string of the molecule is CN=C(NCCOc1ccccc1)NCc1noc(C)n1.I. The minimum atomic E-state index is 0. The van der Waals surface area contributed by atoms with E-state index in [4.69, 9.17) is 9.26 Å². The highest BCUT2D eigenvalue weighted by molar-refractivity contribution is 14.0. The minimum Gasteiger partial charge on any atom is -0.492 e. The van der Waals surface area contributed by atoms with E-state index in [9.17, 15) is 0 Å². The topological polar surface area (TPSA) is 84.6 Å². The van der Waals surface area contributed by atoms with Gasteiger partial charge in [0.25, 0.3) is 0 Å². The lowest BCUT2D eigenvalue weighted by Gasteiger charge is -2.11. The molecular weight excluding hydrogens is 397 g/mol. The van der Waals surface area contributed by atoms with Crippen molar-refractivity contribution in [2.75, 3.05) is 20.2 Å². The summed E-state index contributed by atoms with van der Waals surface area (Å²) >= 11 is 0. The molecule has 0 fully saturated rings. The Bertz CT molecular complexity index is 574. The lowest BCUT2D eigenvalue weighted by Crippen LogP contribution is -2.39. The van der Waals surface area contributed by atoms with Crippen LogP contribution in [0.5, 0.6) is 5.75 Å². The summed E-state index contributed by atoms with van der Waals surface area (Å²) in [6.45, 7) is 3.40. The van der Waals surface area contributed by atoms with E-state index in [1.807, 2.05) is 30.3 Å². The Morgan fingerprint density at radius 2 is 2.05 bits per heavy atom. The second kappa shape index (κ2) is 9.98. The number of nitrogens with zero attached hydrogens (tertiary/aromatic N) is 3. The van der Waals surface area contributed by atoms with E-state index >= 15 is 0 Å². The summed E-state index contributed by atoms with van der Waals surface area (Å²) in [6, 6.07) is 9.68. The monoisotopic (exact) mass is 417 g/mol. The van der Waals surface area contributed by atoms with Crippen molar-refractivity contribution in [3.8, 4) is 5.75 Å². The van der Waals surface area contributed by atoms with Crippen LogP contribution in [0.4, 0.5) is 0 Å². The van der Waals surface area contributed by atoms with Crippen LogP contribution >= 0.6 is 24.0 Å². The molecule has 1 aromatic carbocycles. The first-order chi connectivity index (χ1) is 10.3. The number of aliphatic imine (C=N–C) groups is 1. The van der Waals surface area contributed by atoms with Gasteiger partial charge in [0.15, 0.2) is 11.8 Å². The first-order valence-corrected chi connectivity index (χ1v) is 6.69. The molecule has 0 bridgehead atoms. The smallest absolute Gasteiger partial charge is 0.223 e. The van der Waals surface area contributed by atoms with Gasteiger partial charge >= 0.3 is 0 Å². The van der Waals surface area contributed by atoms with Gasteiger partial charge < -0.3 is 19.9 Å². The number of rotatable bonds is 6. The second-order valence-corrected chi connectivity index (χ2v) is 4.24. The lowest BCUT2D eigenvalue weighted by atomic mass is 10.3. The first-order valence-electron chi connectivity index (χ1n) is 6.69. The van der Waals surface area contributed by atoms with E-state index in [0.29, 0.717) is 37.4 Å². The van der Waals surface area contributed by atoms with Gasteiger partial charge in [-0.25, -0.2) is 0 Å². The number of hydrogen-bond acceptors (Lipinski definition) is 5. The molecule has 0 spiro atoms. The third-order valence-electron chi connectivity index (χ3n) is 2.61. The fourth-order valence-corrected chi connectivity index (χ4v) is 1.65. The number of hydrogen-bond donors (Lipinski definition) is 2. The highest BCUT2D eigenvalue weighted by atomic mass is 127. The predicted octanol–water partition coefficient (Wildman–Crippen LogP) is 1.74. The van der Waals surface area contributed by atoms with Crippen molar-refractivity contribution in [1.29, 1.82) is 0 Å². The maximum Gasteiger partial charge on any atom is 0.223 e. The van der Waals surface area contributed by atoms with Gasteiger partial charge in [-0.15, -0.1) is 24.0 Å². The van der Waals surface area contributed by atoms with Crippen molar-refractivity contribution < 1.29 is 9.26 Å². The van der Waals surface area contributed by atoms with Crippen molar-refractivity contribution in [1.82, 2.24) is 20.8 Å². The number of ether oxygens (including phenoxy) is 1. The molecule has 22 heavy (non-hydrogen) atoms. The fraction of sp³-hybridized carbons (Fsp3) is 0.357. The first kappa shape index (κ1) is 18.2. The second-order valence-electron chi connectivity index (χ2n) is 4.24. The number of benzene rings is 1. The number of aromatic nitrogens is 2. The number of guanidine groups is 1. The highest BCUT2D eigenvalue weighted by Gasteiger charge is 2.03. The molecule has 1 heterocycles. The van der Waals surface area contributed by atoms with Gasteiger partial charge in [-0.05, 0) is 12.1 Å². The number of nitrogens with one attached hydrogen (secondary N) is 2. The predicted molar refractivity (Wildman–Crippen MR) is 94.6 cm³/mol. The number of halogens is 1. The molecule has 0 aliphatic carbocycles. The third-order valence-corrected chi connectivity index (χ3v) is 2.61. The van der Waals surface area contributed by atoms with Gasteiger partial charge in [0.05, 0.1) is 13.1 Å². The Hall–Kier alpha value is -1.84. The average molecular weight is 417 g/mol. The molecule has 1 aromatic heterocycles. The van der Waals surface area contributed by atoms with Gasteiger partial charge in [-0.2, -0.15) is 4.98 Å². The number of para-hydroxylation sites is 1. The van der Waals surface area contributed by atoms with Crippen molar-refractivity contribution in [3.05, 3.63) is 42.0 Å². The fourth-order valence-electron chi connectivity index (χ4n) is 1.65. The Morgan fingerprint density at radius 3 is 2.68 bits per heavy atom. The quantitative estimate of drug-likeness (QED) is 0.323. The molecule has 0 unspecified atom stereocenters. The Balaban J connectivity index is 0.00000242. The normalized spacial score (nSPS) is 10.7. The highest BCUT2D eigenvalue weighted by Crippen LogP contribution is 2.07. The maximum atomic E-state index is 5.58. The summed E-state index contributed by atoms with van der Waals surface area (Å²) in [6.07, 6.45) is 0. The van der Waals surface area contributed by atoms with Crippen LogP contribution in [0.1, 0.15) is 11.7 Å². The molecule has 0 aliphatic heterocycles. The molecule has 0 amide bonds. The molecular formula is C14H20IN5O2. The van der Waals surface area contributed by atoms with Crippen LogP contribution in [0.15, 0.2) is 39.8 Å². The van der Waals surface area contributed by atoms with Gasteiger partial charge in [0, 0.05) is 14.0 Å². The van der Waals surface area contributed by atoms with Gasteiger partial charge in [0.1, 0.15) is 12.4 Å². The van der Waals surface area contributed by atoms with Crippen molar-refractivity contribution in [3.63, 3.8) is 0 Å². The summed E-state index contributed by atoms with van der Waals surface area (Å²) in [5, 5.41) is 10.0. The van der Waals surface area contributed by atoms with Crippen LogP contribution in [0.3, 0.4) is 0 Å². The lowest BCUT2D eigenvalue weighted by molar-refractivity contribution is 0.322. The van der Waals surface area contributed by atoms with E-state index in [2.05, 4.69) is 25.8 Å². The van der Waals surface area contributed by atoms with Crippen LogP contribution in [0.25, 0.3) is 0 Å². The van der Waals surface area contributed by atoms with Gasteiger partial charge in [-0.1, -0.05) is 23.4 Å². The molecule has 0 saturated carbocycles. The third kappa shape index (κ3) is 6.29. The summed E-state index contributed by atoms with van der Waals surface area (Å²) in [5.74, 6) is 2.65. The zero-order valence-corrected chi connectivity index (χ0v) is 14.9. The van der Waals surface area contributed by atoms with Crippen LogP contribution in [0, 0.1) is 6.92 Å². The molecule has 2 N–H and O–H groups in total. The summed E-state index contributed by atoms with van der Waals surface area (Å²) in [5.41, 5.74) is 0. The minimum absolute atomic E-state index is 0. The van der Waals surface area contributed by atoms with E-state index in [-0.39, 0.29) is 24.0 Å². The molecule has 0 saturated heterocycles. The largest absolute Gasteiger partial charge is 0.492 e. The molecule has 120 valence electrons. The van der Waals surface area contributed by atoms with E-state index in [1.165, 1.54) is 0 Å². The van der Waals surface area contributed by atoms with Crippen molar-refractivity contribution in [2.45, 2.75) is 13.5 Å². The molecule has 8 heteroatoms. The standard InChI is InChI=1S/C14H19N5O2.HI/c1-11-18-13(19-21-11)10-17-14(15-2)16-8-9-20-12-6-4-3-5-7-12;/h3-7H,8-10H2,1-2H3,(H2,15,16,17);1H. The average Bonchev–Trinajstić information content (AvgIpc) is 2.93. The Morgan fingerprint density at radius 1 is 1.27 bits per heavy atom. The van der Waals surface area contributed by atoms with Crippen LogP contribution < -0.4 is 15.4 Å². The molecule has 0 radical (unpaired) electrons. The zero-order chi connectivity index (χ0) is 14.9. The Labute approximate surface area is 146 Å². The molecule has 7 nitrogen and oxygen atoms in total. The maximum absolute atomic E-state index is 5.58. The molecule has 2 rings (SSSR count). The van der Waals surface area contributed by atoms with Crippen LogP contribution in [0.2, 0.25) is 0 Å². The summed E-state index contributed by atoms with van der Waals surface area (Å²) in [7, 11) is 1.70. The van der Waals surface area contributed by atoms with Crippen molar-refractivity contribution in [2.24, 2.45) is 4.99 Å². The zero-order valence-electron chi connectivity index (χ0n) is 12.6. The van der Waals surface area contributed by atoms with Crippen LogP contribution in [-0.2, 0) is 6.54 Å². The van der Waals surface area contributed by atoms with Gasteiger partial charge in [-0.3, -0.25) is 4.99 Å². The summed E-state index contributed by atoms with van der Waals surface area (Å²) in [4.78, 5) is 8.21. The van der Waals surface area contributed by atoms with Crippen LogP contribution in [-0.4, -0.2) is 36.3 Å². The van der Waals surface area contributed by atoms with E-state index in [0.717, 1.165) is 5.75 Å². The van der Waals surface area contributed by atoms with Crippen molar-refractivity contribution >= 4 is 29.9 Å².